The van der Waals surface area contributed by atoms with E-state index < -0.39 is 10.0 Å². The molecule has 0 spiro atoms. The monoisotopic (exact) mass is 434 g/mol. The Morgan fingerprint density at radius 1 is 1.03 bits per heavy atom. The molecule has 29 heavy (non-hydrogen) atoms. The molecule has 0 amide bonds. The number of nitrogens with zero attached hydrogens (tertiary/aromatic N) is 2. The average Bonchev–Trinajstić information content (AvgIpc) is 2.77. The minimum Gasteiger partial charge on any atom is -0.493 e. The fourth-order valence-corrected chi connectivity index (χ4v) is 6.18. The van der Waals surface area contributed by atoms with Crippen molar-refractivity contribution >= 4 is 27.5 Å². The van der Waals surface area contributed by atoms with Crippen LogP contribution in [-0.2, 0) is 14.8 Å². The summed E-state index contributed by atoms with van der Waals surface area (Å²) in [4.78, 5) is 3.66. The Morgan fingerprint density at radius 3 is 2.62 bits per heavy atom. The van der Waals surface area contributed by atoms with E-state index in [2.05, 4.69) is 4.90 Å². The summed E-state index contributed by atoms with van der Waals surface area (Å²) in [5.74, 6) is 1.44. The fourth-order valence-electron chi connectivity index (χ4n) is 3.54. The van der Waals surface area contributed by atoms with Gasteiger partial charge in [-0.15, -0.1) is 11.8 Å². The summed E-state index contributed by atoms with van der Waals surface area (Å²) in [6.45, 7) is 5.59. The molecule has 4 rings (SSSR count). The van der Waals surface area contributed by atoms with Crippen molar-refractivity contribution in [2.24, 2.45) is 0 Å². The Bertz CT molecular complexity index is 916. The number of fused-ring (bicyclic) bond motifs is 1. The third-order valence-electron chi connectivity index (χ3n) is 5.07. The van der Waals surface area contributed by atoms with Crippen molar-refractivity contribution < 1.29 is 17.9 Å². The van der Waals surface area contributed by atoms with Gasteiger partial charge in [-0.1, -0.05) is 18.2 Å². The number of ether oxygens (including phenoxy) is 2. The Morgan fingerprint density at radius 2 is 1.83 bits per heavy atom. The number of anilines is 1. The van der Waals surface area contributed by atoms with Gasteiger partial charge in [0.25, 0.3) is 10.0 Å². The summed E-state index contributed by atoms with van der Waals surface area (Å²) < 4.78 is 39.1. The number of rotatable bonds is 7. The van der Waals surface area contributed by atoms with Gasteiger partial charge in [-0.3, -0.25) is 9.21 Å². The maximum atomic E-state index is 13.2. The molecule has 0 unspecified atom stereocenters. The second-order valence-electron chi connectivity index (χ2n) is 7.02. The second kappa shape index (κ2) is 9.38. The molecule has 8 heteroatoms. The molecular weight excluding hydrogens is 408 g/mol. The minimum atomic E-state index is -3.59. The Kier molecular flexibility index (Phi) is 6.64. The maximum absolute atomic E-state index is 13.2. The largest absolute Gasteiger partial charge is 0.493 e. The van der Waals surface area contributed by atoms with Crippen molar-refractivity contribution in [3.8, 4) is 5.75 Å². The molecule has 156 valence electrons. The fraction of sp³-hybridized carbons (Fsp3) is 0.429. The van der Waals surface area contributed by atoms with Crippen LogP contribution in [0.2, 0.25) is 0 Å². The molecule has 0 aromatic heterocycles. The molecule has 6 nitrogen and oxygen atoms in total. The van der Waals surface area contributed by atoms with Crippen molar-refractivity contribution in [2.45, 2.75) is 16.2 Å². The van der Waals surface area contributed by atoms with E-state index in [0.717, 1.165) is 49.9 Å². The van der Waals surface area contributed by atoms with Gasteiger partial charge in [0.05, 0.1) is 30.4 Å². The van der Waals surface area contributed by atoms with E-state index in [-0.39, 0.29) is 0 Å². The van der Waals surface area contributed by atoms with Crippen LogP contribution in [-0.4, -0.2) is 65.1 Å². The topological polar surface area (TPSA) is 59.1 Å². The van der Waals surface area contributed by atoms with E-state index in [4.69, 9.17) is 9.47 Å². The van der Waals surface area contributed by atoms with Gasteiger partial charge in [0.2, 0.25) is 0 Å². The lowest BCUT2D eigenvalue weighted by molar-refractivity contribution is 0.0358. The van der Waals surface area contributed by atoms with Crippen molar-refractivity contribution in [1.82, 2.24) is 4.90 Å². The zero-order valence-electron chi connectivity index (χ0n) is 16.3. The van der Waals surface area contributed by atoms with Crippen LogP contribution in [0.5, 0.6) is 5.75 Å². The molecule has 0 aliphatic carbocycles. The lowest BCUT2D eigenvalue weighted by Gasteiger charge is -2.30. The maximum Gasteiger partial charge on any atom is 0.264 e. The van der Waals surface area contributed by atoms with Gasteiger partial charge in [0.15, 0.2) is 0 Å². The quantitative estimate of drug-likeness (QED) is 0.624. The first-order chi connectivity index (χ1) is 14.1. The van der Waals surface area contributed by atoms with Crippen LogP contribution in [0, 0.1) is 0 Å². The highest BCUT2D eigenvalue weighted by Crippen LogP contribution is 2.39. The van der Waals surface area contributed by atoms with E-state index in [1.54, 1.807) is 36.0 Å². The molecule has 2 aromatic rings. The molecule has 1 saturated heterocycles. The molecule has 0 N–H and O–H groups in total. The van der Waals surface area contributed by atoms with Gasteiger partial charge in [-0.25, -0.2) is 8.42 Å². The summed E-state index contributed by atoms with van der Waals surface area (Å²) in [7, 11) is -3.59. The molecule has 1 fully saturated rings. The second-order valence-corrected chi connectivity index (χ2v) is 10.0. The Balaban J connectivity index is 1.44. The van der Waals surface area contributed by atoms with E-state index in [9.17, 15) is 8.42 Å². The minimum absolute atomic E-state index is 0.315. The lowest BCUT2D eigenvalue weighted by Crippen LogP contribution is -2.37. The molecular formula is C21H26N2O4S2. The summed E-state index contributed by atoms with van der Waals surface area (Å²) in [6.07, 6.45) is 0.928. The first-order valence-corrected chi connectivity index (χ1v) is 12.3. The number of thioether (sulfide) groups is 1. The van der Waals surface area contributed by atoms with Gasteiger partial charge >= 0.3 is 0 Å². The van der Waals surface area contributed by atoms with Crippen LogP contribution < -0.4 is 9.04 Å². The van der Waals surface area contributed by atoms with Gasteiger partial charge in [-0.05, 0) is 30.7 Å². The number of hydrogen-bond acceptors (Lipinski definition) is 6. The van der Waals surface area contributed by atoms with Crippen molar-refractivity contribution in [2.75, 3.05) is 56.1 Å². The van der Waals surface area contributed by atoms with Crippen LogP contribution in [0.25, 0.3) is 0 Å². The van der Waals surface area contributed by atoms with Gasteiger partial charge < -0.3 is 9.47 Å². The molecule has 2 aromatic carbocycles. The molecule has 0 saturated carbocycles. The van der Waals surface area contributed by atoms with Crippen LogP contribution in [0.15, 0.2) is 58.3 Å². The highest BCUT2D eigenvalue weighted by Gasteiger charge is 2.29. The standard InChI is InChI=1S/C21H26N2O4S2/c24-29(25,19-5-2-1-3-6-19)23-12-16-28-21-8-7-18(17-20(21)23)27-13-4-9-22-10-14-26-15-11-22/h1-3,5-8,17H,4,9-16H2. The van der Waals surface area contributed by atoms with E-state index in [1.807, 2.05) is 24.3 Å². The van der Waals surface area contributed by atoms with Crippen molar-refractivity contribution in [3.63, 3.8) is 0 Å². The predicted molar refractivity (Wildman–Crippen MR) is 116 cm³/mol. The third-order valence-corrected chi connectivity index (χ3v) is 7.94. The zero-order valence-corrected chi connectivity index (χ0v) is 18.0. The van der Waals surface area contributed by atoms with Crippen LogP contribution in [0.1, 0.15) is 6.42 Å². The average molecular weight is 435 g/mol. The number of hydrogen-bond donors (Lipinski definition) is 0. The first-order valence-electron chi connectivity index (χ1n) is 9.92. The third kappa shape index (κ3) is 4.88. The van der Waals surface area contributed by atoms with Crippen LogP contribution >= 0.6 is 11.8 Å². The highest BCUT2D eigenvalue weighted by molar-refractivity contribution is 8.00. The summed E-state index contributed by atoms with van der Waals surface area (Å²) >= 11 is 1.68. The number of benzene rings is 2. The van der Waals surface area contributed by atoms with Crippen molar-refractivity contribution in [1.29, 1.82) is 0 Å². The zero-order chi connectivity index (χ0) is 20.1. The summed E-state index contributed by atoms with van der Waals surface area (Å²) in [5, 5.41) is 0. The molecule has 2 aliphatic heterocycles. The molecule has 2 aliphatic rings. The molecule has 2 heterocycles. The smallest absolute Gasteiger partial charge is 0.264 e. The van der Waals surface area contributed by atoms with Gasteiger partial charge in [-0.2, -0.15) is 0 Å². The number of morpholine rings is 1. The predicted octanol–water partition coefficient (Wildman–Crippen LogP) is 3.09. The SMILES string of the molecule is O=S(=O)(c1ccccc1)N1CCSc2ccc(OCCCN3CCOCC3)cc21. The highest BCUT2D eigenvalue weighted by atomic mass is 32.2. The summed E-state index contributed by atoms with van der Waals surface area (Å²) in [5.41, 5.74) is 0.704. The molecule has 0 bridgehead atoms. The van der Waals surface area contributed by atoms with Crippen LogP contribution in [0.3, 0.4) is 0 Å². The number of sulfonamides is 1. The van der Waals surface area contributed by atoms with Crippen LogP contribution in [0.4, 0.5) is 5.69 Å². The molecule has 0 atom stereocenters. The molecule has 0 radical (unpaired) electrons. The normalized spacial score (nSPS) is 17.7. The Hall–Kier alpha value is -1.74. The lowest BCUT2D eigenvalue weighted by atomic mass is 10.3. The Labute approximate surface area is 176 Å². The van der Waals surface area contributed by atoms with E-state index in [0.29, 0.717) is 29.5 Å². The van der Waals surface area contributed by atoms with Gasteiger partial charge in [0.1, 0.15) is 5.75 Å². The first kappa shape index (κ1) is 20.5. The van der Waals surface area contributed by atoms with E-state index >= 15 is 0 Å². The van der Waals surface area contributed by atoms with E-state index in [1.165, 1.54) is 4.31 Å². The van der Waals surface area contributed by atoms with Gasteiger partial charge in [0, 0.05) is 42.9 Å². The van der Waals surface area contributed by atoms with Crippen molar-refractivity contribution in [3.05, 3.63) is 48.5 Å². The summed E-state index contributed by atoms with van der Waals surface area (Å²) in [6, 6.07) is 14.4.